The van der Waals surface area contributed by atoms with Crippen molar-refractivity contribution < 1.29 is 0 Å². The largest absolute Gasteiger partial charge is 0.336 e. The lowest BCUT2D eigenvalue weighted by molar-refractivity contribution is 0.480. The lowest BCUT2D eigenvalue weighted by atomic mass is 10.00. The van der Waals surface area contributed by atoms with E-state index < -0.39 is 0 Å². The Morgan fingerprint density at radius 2 is 1.85 bits per heavy atom. The molecule has 0 aliphatic carbocycles. The fourth-order valence-electron chi connectivity index (χ4n) is 3.15. The fourth-order valence-corrected chi connectivity index (χ4v) is 4.84. The van der Waals surface area contributed by atoms with Gasteiger partial charge in [-0.1, -0.05) is 53.5 Å². The van der Waals surface area contributed by atoms with E-state index >= 15 is 0 Å². The van der Waals surface area contributed by atoms with E-state index in [-0.39, 0.29) is 4.75 Å². The van der Waals surface area contributed by atoms with Crippen LogP contribution in [0.25, 0.3) is 0 Å². The van der Waals surface area contributed by atoms with Crippen LogP contribution in [0, 0.1) is 0 Å². The van der Waals surface area contributed by atoms with Gasteiger partial charge in [0.1, 0.15) is 0 Å². The molecule has 0 amide bonds. The quantitative estimate of drug-likeness (QED) is 0.375. The number of nitrogens with zero attached hydrogens (tertiary/aromatic N) is 2. The lowest BCUT2D eigenvalue weighted by Gasteiger charge is -2.30. The summed E-state index contributed by atoms with van der Waals surface area (Å²) >= 11 is 14.3. The van der Waals surface area contributed by atoms with Gasteiger partial charge in [0, 0.05) is 39.5 Å². The number of rotatable bonds is 9. The van der Waals surface area contributed by atoms with Crippen molar-refractivity contribution in [3.8, 4) is 0 Å². The van der Waals surface area contributed by atoms with Crippen molar-refractivity contribution in [3.63, 3.8) is 0 Å². The van der Waals surface area contributed by atoms with Gasteiger partial charge >= 0.3 is 0 Å². The molecule has 0 aliphatic rings. The molecule has 1 atom stereocenters. The molecule has 0 radical (unpaired) electrons. The van der Waals surface area contributed by atoms with Crippen molar-refractivity contribution in [2.24, 2.45) is 0 Å². The monoisotopic (exact) mass is 418 g/mol. The second-order valence-electron chi connectivity index (χ2n) is 7.05. The molecule has 1 heterocycles. The predicted molar refractivity (Wildman–Crippen MR) is 118 cm³/mol. The molecule has 27 heavy (non-hydrogen) atoms. The minimum atomic E-state index is 0.103. The molecule has 0 bridgehead atoms. The van der Waals surface area contributed by atoms with E-state index in [1.165, 1.54) is 11.1 Å². The van der Waals surface area contributed by atoms with Gasteiger partial charge < -0.3 is 4.57 Å². The van der Waals surface area contributed by atoms with Gasteiger partial charge in [0.05, 0.1) is 6.33 Å². The topological polar surface area (TPSA) is 17.8 Å². The molecular weight excluding hydrogens is 395 g/mol. The van der Waals surface area contributed by atoms with Crippen molar-refractivity contribution in [2.75, 3.05) is 0 Å². The van der Waals surface area contributed by atoms with Gasteiger partial charge in [-0.05, 0) is 55.5 Å². The number of hydrogen-bond donors (Lipinski definition) is 0. The summed E-state index contributed by atoms with van der Waals surface area (Å²) in [7, 11) is 0. The molecule has 0 N–H and O–H groups in total. The number of thioether (sulfide) groups is 1. The molecule has 3 aromatic rings. The van der Waals surface area contributed by atoms with Crippen molar-refractivity contribution in [3.05, 3.63) is 88.4 Å². The molecule has 0 saturated carbocycles. The normalized spacial score (nSPS) is 13.4. The summed E-state index contributed by atoms with van der Waals surface area (Å²) in [6, 6.07) is 16.3. The van der Waals surface area contributed by atoms with E-state index in [2.05, 4.69) is 40.7 Å². The molecule has 5 heteroatoms. The van der Waals surface area contributed by atoms with E-state index in [1.807, 2.05) is 54.7 Å². The smallest absolute Gasteiger partial charge is 0.0946 e. The van der Waals surface area contributed by atoms with Crippen LogP contribution in [0.3, 0.4) is 0 Å². The second-order valence-corrected chi connectivity index (χ2v) is 9.45. The average Bonchev–Trinajstić information content (AvgIpc) is 3.15. The zero-order valence-electron chi connectivity index (χ0n) is 15.4. The molecule has 0 aliphatic heterocycles. The van der Waals surface area contributed by atoms with Gasteiger partial charge in [0.2, 0.25) is 0 Å². The molecule has 0 spiro atoms. The van der Waals surface area contributed by atoms with Gasteiger partial charge in [-0.15, -0.1) is 11.8 Å². The first kappa shape index (κ1) is 20.3. The molecule has 3 rings (SSSR count). The summed E-state index contributed by atoms with van der Waals surface area (Å²) in [5.41, 5.74) is 2.53. The van der Waals surface area contributed by atoms with Crippen LogP contribution >= 0.6 is 35.0 Å². The number of aromatic nitrogens is 2. The summed E-state index contributed by atoms with van der Waals surface area (Å²) in [6.45, 7) is 3.28. The molecule has 1 aromatic heterocycles. The van der Waals surface area contributed by atoms with Crippen LogP contribution in [0.1, 0.15) is 30.9 Å². The average molecular weight is 419 g/mol. The van der Waals surface area contributed by atoms with Crippen LogP contribution in [0.4, 0.5) is 0 Å². The zero-order chi connectivity index (χ0) is 19.1. The van der Waals surface area contributed by atoms with E-state index in [0.717, 1.165) is 41.6 Å². The Labute approximate surface area is 175 Å². The SMILES string of the molecule is CC(CCCc1ccc(Cl)cc1)(Cn1ccnc1)SCc1ccccc1Cl. The number of halogens is 2. The van der Waals surface area contributed by atoms with Gasteiger partial charge in [-0.3, -0.25) is 0 Å². The van der Waals surface area contributed by atoms with Crippen molar-refractivity contribution in [2.45, 2.75) is 43.2 Å². The summed E-state index contributed by atoms with van der Waals surface area (Å²) < 4.78 is 2.27. The van der Waals surface area contributed by atoms with Gasteiger partial charge in [0.25, 0.3) is 0 Å². The summed E-state index contributed by atoms with van der Waals surface area (Å²) in [4.78, 5) is 4.19. The third kappa shape index (κ3) is 6.31. The van der Waals surface area contributed by atoms with Gasteiger partial charge in [0.15, 0.2) is 0 Å². The number of hydrogen-bond acceptors (Lipinski definition) is 2. The molecule has 2 nitrogen and oxygen atoms in total. The third-order valence-electron chi connectivity index (χ3n) is 4.69. The first-order valence-corrected chi connectivity index (χ1v) is 10.9. The summed E-state index contributed by atoms with van der Waals surface area (Å²) in [5.74, 6) is 0.909. The zero-order valence-corrected chi connectivity index (χ0v) is 17.8. The Morgan fingerprint density at radius 3 is 2.56 bits per heavy atom. The van der Waals surface area contributed by atoms with E-state index in [0.29, 0.717) is 0 Å². The fraction of sp³-hybridized carbons (Fsp3) is 0.318. The van der Waals surface area contributed by atoms with Crippen LogP contribution in [-0.2, 0) is 18.7 Å². The third-order valence-corrected chi connectivity index (χ3v) is 6.80. The standard InChI is InChI=1S/C22H24Cl2N2S/c1-22(16-26-14-13-25-17-26,27-15-19-6-2-3-7-21(19)24)12-4-5-18-8-10-20(23)11-9-18/h2-3,6-11,13-14,17H,4-5,12,15-16H2,1H3. The van der Waals surface area contributed by atoms with E-state index in [1.54, 1.807) is 0 Å². The maximum Gasteiger partial charge on any atom is 0.0946 e. The van der Waals surface area contributed by atoms with Crippen molar-refractivity contribution in [1.82, 2.24) is 9.55 Å². The molecule has 1 unspecified atom stereocenters. The maximum atomic E-state index is 6.35. The summed E-state index contributed by atoms with van der Waals surface area (Å²) in [5, 5.41) is 1.63. The first-order chi connectivity index (χ1) is 13.0. The highest BCUT2D eigenvalue weighted by Gasteiger charge is 2.25. The van der Waals surface area contributed by atoms with Crippen LogP contribution in [0.5, 0.6) is 0 Å². The van der Waals surface area contributed by atoms with Crippen molar-refractivity contribution >= 4 is 35.0 Å². The van der Waals surface area contributed by atoms with Crippen molar-refractivity contribution in [1.29, 1.82) is 0 Å². The van der Waals surface area contributed by atoms with Crippen LogP contribution in [-0.4, -0.2) is 14.3 Å². The Hall–Kier alpha value is -1.42. The van der Waals surface area contributed by atoms with Crippen LogP contribution in [0.15, 0.2) is 67.3 Å². The highest BCUT2D eigenvalue weighted by Crippen LogP contribution is 2.36. The molecule has 0 fully saturated rings. The van der Waals surface area contributed by atoms with Gasteiger partial charge in [-0.25, -0.2) is 4.98 Å². The van der Waals surface area contributed by atoms with Gasteiger partial charge in [-0.2, -0.15) is 0 Å². The van der Waals surface area contributed by atoms with E-state index in [4.69, 9.17) is 23.2 Å². The summed E-state index contributed by atoms with van der Waals surface area (Å²) in [6.07, 6.45) is 9.07. The Balaban J connectivity index is 1.63. The molecular formula is C22H24Cl2N2S. The lowest BCUT2D eigenvalue weighted by Crippen LogP contribution is -2.27. The second kappa shape index (κ2) is 9.68. The predicted octanol–water partition coefficient (Wildman–Crippen LogP) is 6.90. The molecule has 142 valence electrons. The Kier molecular flexibility index (Phi) is 7.28. The Morgan fingerprint density at radius 1 is 1.07 bits per heavy atom. The maximum absolute atomic E-state index is 6.35. The van der Waals surface area contributed by atoms with Crippen LogP contribution in [0.2, 0.25) is 10.0 Å². The number of aryl methyl sites for hydroxylation is 1. The Bertz CT molecular complexity index is 834. The minimum Gasteiger partial charge on any atom is -0.336 e. The first-order valence-electron chi connectivity index (χ1n) is 9.12. The number of benzene rings is 2. The number of imidazole rings is 1. The van der Waals surface area contributed by atoms with Crippen LogP contribution < -0.4 is 0 Å². The molecule has 0 saturated heterocycles. The van der Waals surface area contributed by atoms with E-state index in [9.17, 15) is 0 Å². The highest BCUT2D eigenvalue weighted by atomic mass is 35.5. The highest BCUT2D eigenvalue weighted by molar-refractivity contribution is 7.99. The molecule has 2 aromatic carbocycles. The minimum absolute atomic E-state index is 0.103.